The Labute approximate surface area is 261 Å². The van der Waals surface area contributed by atoms with Crippen LogP contribution in [-0.2, 0) is 18.3 Å². The lowest BCUT2D eigenvalue weighted by molar-refractivity contribution is 0.647. The summed E-state index contributed by atoms with van der Waals surface area (Å²) in [7, 11) is 0. The standard InChI is InChI=1S/C41H29N3O/c1-41(2)34-12-5-3-9-28(34)31-20-33-30-16-15-25(19-38(30)45-39(33)21-35(31)41)27-11-7-8-26(23-43)40(27)44-36-13-6-4-10-29(36)32-18-24(22-42)14-17-37(32)44/h3-5,7-12,15-16,18-21H,6,13-14,17H2,1-2H3. The van der Waals surface area contributed by atoms with Gasteiger partial charge in [0.25, 0.3) is 0 Å². The highest BCUT2D eigenvalue weighted by Crippen LogP contribution is 2.51. The zero-order valence-corrected chi connectivity index (χ0v) is 25.2. The number of allylic oxidation sites excluding steroid dienone is 2. The molecular weight excluding hydrogens is 550 g/mol. The molecule has 2 heterocycles. The van der Waals surface area contributed by atoms with Crippen LogP contribution in [0.4, 0.5) is 0 Å². The van der Waals surface area contributed by atoms with Gasteiger partial charge < -0.3 is 8.98 Å². The summed E-state index contributed by atoms with van der Waals surface area (Å²) in [6, 6.07) is 30.6. The molecule has 0 saturated heterocycles. The van der Waals surface area contributed by atoms with Crippen molar-refractivity contribution in [3.8, 4) is 40.1 Å². The zero-order valence-electron chi connectivity index (χ0n) is 25.2. The summed E-state index contributed by atoms with van der Waals surface area (Å²) in [5.41, 5.74) is 15.9. The van der Waals surface area contributed by atoms with Crippen molar-refractivity contribution in [2.75, 3.05) is 0 Å². The second-order valence-electron chi connectivity index (χ2n) is 13.0. The number of para-hydroxylation sites is 1. The molecule has 4 aromatic carbocycles. The molecule has 0 unspecified atom stereocenters. The number of aromatic nitrogens is 1. The van der Waals surface area contributed by atoms with Crippen LogP contribution in [0.25, 0.3) is 62.0 Å². The minimum atomic E-state index is -0.0929. The van der Waals surface area contributed by atoms with E-state index < -0.39 is 0 Å². The summed E-state index contributed by atoms with van der Waals surface area (Å²) < 4.78 is 8.94. The number of nitrogens with zero attached hydrogens (tertiary/aromatic N) is 3. The fraction of sp³-hybridized carbons (Fsp3) is 0.171. The minimum Gasteiger partial charge on any atom is -0.456 e. The van der Waals surface area contributed by atoms with Crippen molar-refractivity contribution < 1.29 is 4.42 Å². The van der Waals surface area contributed by atoms with Crippen molar-refractivity contribution in [3.05, 3.63) is 124 Å². The first kappa shape index (κ1) is 25.9. The number of hydrogen-bond donors (Lipinski definition) is 0. The third-order valence-corrected chi connectivity index (χ3v) is 10.2. The molecule has 0 amide bonds. The Morgan fingerprint density at radius 2 is 1.56 bits per heavy atom. The highest BCUT2D eigenvalue weighted by molar-refractivity contribution is 6.08. The molecule has 9 rings (SSSR count). The van der Waals surface area contributed by atoms with Crippen LogP contribution in [0, 0.1) is 22.7 Å². The number of fused-ring (bicyclic) bond motifs is 9. The SMILES string of the molecule is CC1(C)c2ccccc2-c2cc3c(cc21)oc1cc(-c2cccc(C#N)c2-n2c4c(c5c2CCC(C#N)=C5)C=CCC4)ccc13. The molecule has 45 heavy (non-hydrogen) atoms. The summed E-state index contributed by atoms with van der Waals surface area (Å²) in [5.74, 6) is 0. The topological polar surface area (TPSA) is 65.7 Å². The van der Waals surface area contributed by atoms with Crippen LogP contribution in [0.15, 0.2) is 88.9 Å². The Bertz CT molecular complexity index is 2430. The van der Waals surface area contributed by atoms with Gasteiger partial charge in [-0.1, -0.05) is 68.5 Å². The van der Waals surface area contributed by atoms with Gasteiger partial charge in [-0.05, 0) is 89.9 Å². The van der Waals surface area contributed by atoms with E-state index in [2.05, 4.69) is 109 Å². The maximum absolute atomic E-state index is 10.4. The fourth-order valence-electron chi connectivity index (χ4n) is 8.08. The summed E-state index contributed by atoms with van der Waals surface area (Å²) >= 11 is 0. The summed E-state index contributed by atoms with van der Waals surface area (Å²) in [6.07, 6.45) is 9.76. The average molecular weight is 580 g/mol. The van der Waals surface area contributed by atoms with Crippen LogP contribution >= 0.6 is 0 Å². The molecule has 0 N–H and O–H groups in total. The fourth-order valence-corrected chi connectivity index (χ4v) is 8.08. The molecule has 6 aromatic rings. The second kappa shape index (κ2) is 9.21. The number of benzene rings is 4. The first-order valence-electron chi connectivity index (χ1n) is 15.7. The van der Waals surface area contributed by atoms with Crippen molar-refractivity contribution in [1.82, 2.24) is 4.57 Å². The van der Waals surface area contributed by atoms with Gasteiger partial charge in [0, 0.05) is 49.8 Å². The lowest BCUT2D eigenvalue weighted by atomic mass is 9.82. The number of furan rings is 1. The van der Waals surface area contributed by atoms with E-state index in [9.17, 15) is 10.5 Å². The van der Waals surface area contributed by atoms with Crippen molar-refractivity contribution in [2.45, 2.75) is 44.9 Å². The summed E-state index contributed by atoms with van der Waals surface area (Å²) in [5, 5.41) is 22.3. The van der Waals surface area contributed by atoms with Crippen molar-refractivity contribution in [3.63, 3.8) is 0 Å². The van der Waals surface area contributed by atoms with Gasteiger partial charge in [0.2, 0.25) is 0 Å². The van der Waals surface area contributed by atoms with E-state index in [-0.39, 0.29) is 5.41 Å². The molecule has 0 bridgehead atoms. The van der Waals surface area contributed by atoms with E-state index >= 15 is 0 Å². The predicted octanol–water partition coefficient (Wildman–Crippen LogP) is 10.0. The number of hydrogen-bond acceptors (Lipinski definition) is 3. The van der Waals surface area contributed by atoms with E-state index in [1.54, 1.807) is 0 Å². The first-order chi connectivity index (χ1) is 22.0. The normalized spacial score (nSPS) is 15.6. The lowest BCUT2D eigenvalue weighted by Crippen LogP contribution is -2.14. The van der Waals surface area contributed by atoms with Gasteiger partial charge in [-0.3, -0.25) is 0 Å². The summed E-state index contributed by atoms with van der Waals surface area (Å²) in [4.78, 5) is 0. The monoisotopic (exact) mass is 579 g/mol. The minimum absolute atomic E-state index is 0.0929. The molecule has 0 saturated carbocycles. The quantitative estimate of drug-likeness (QED) is 0.205. The van der Waals surface area contributed by atoms with Crippen LogP contribution in [0.3, 0.4) is 0 Å². The smallest absolute Gasteiger partial charge is 0.136 e. The van der Waals surface area contributed by atoms with Crippen LogP contribution in [0.1, 0.15) is 65.9 Å². The maximum atomic E-state index is 10.4. The zero-order chi connectivity index (χ0) is 30.4. The molecule has 214 valence electrons. The van der Waals surface area contributed by atoms with Crippen molar-refractivity contribution in [2.24, 2.45) is 0 Å². The van der Waals surface area contributed by atoms with Gasteiger partial charge in [0.05, 0.1) is 17.3 Å². The van der Waals surface area contributed by atoms with Crippen LogP contribution in [-0.4, -0.2) is 4.57 Å². The molecular formula is C41H29N3O. The maximum Gasteiger partial charge on any atom is 0.136 e. The Kier molecular flexibility index (Phi) is 5.30. The first-order valence-corrected chi connectivity index (χ1v) is 15.7. The highest BCUT2D eigenvalue weighted by atomic mass is 16.3. The van der Waals surface area contributed by atoms with Crippen molar-refractivity contribution >= 4 is 34.1 Å². The largest absolute Gasteiger partial charge is 0.456 e. The molecule has 0 radical (unpaired) electrons. The van der Waals surface area contributed by atoms with Gasteiger partial charge in [-0.2, -0.15) is 10.5 Å². The Morgan fingerprint density at radius 3 is 2.42 bits per heavy atom. The van der Waals surface area contributed by atoms with E-state index in [4.69, 9.17) is 4.42 Å². The molecule has 4 nitrogen and oxygen atoms in total. The van der Waals surface area contributed by atoms with Crippen molar-refractivity contribution in [1.29, 1.82) is 10.5 Å². The molecule has 0 fully saturated rings. The molecule has 3 aliphatic carbocycles. The van der Waals surface area contributed by atoms with Crippen LogP contribution in [0.5, 0.6) is 0 Å². The highest BCUT2D eigenvalue weighted by Gasteiger charge is 2.36. The lowest BCUT2D eigenvalue weighted by Gasteiger charge is -2.21. The number of rotatable bonds is 2. The Hall–Kier alpha value is -5.58. The molecule has 2 aromatic heterocycles. The van der Waals surface area contributed by atoms with Gasteiger partial charge >= 0.3 is 0 Å². The third kappa shape index (κ3) is 3.51. The third-order valence-electron chi connectivity index (χ3n) is 10.2. The second-order valence-corrected chi connectivity index (χ2v) is 13.0. The molecule has 0 aliphatic heterocycles. The average Bonchev–Trinajstić information content (AvgIpc) is 3.68. The van der Waals surface area contributed by atoms with E-state index in [0.717, 1.165) is 69.2 Å². The van der Waals surface area contributed by atoms with Crippen LogP contribution < -0.4 is 0 Å². The van der Waals surface area contributed by atoms with Gasteiger partial charge in [0.1, 0.15) is 17.2 Å². The summed E-state index contributed by atoms with van der Waals surface area (Å²) in [6.45, 7) is 4.58. The molecule has 3 aliphatic rings. The number of nitriles is 2. The Morgan fingerprint density at radius 1 is 0.733 bits per heavy atom. The molecule has 4 heteroatoms. The predicted molar refractivity (Wildman–Crippen MR) is 180 cm³/mol. The van der Waals surface area contributed by atoms with E-state index in [0.29, 0.717) is 12.0 Å². The van der Waals surface area contributed by atoms with E-state index in [1.165, 1.54) is 39.2 Å². The molecule has 0 atom stereocenters. The van der Waals surface area contributed by atoms with Crippen LogP contribution in [0.2, 0.25) is 0 Å². The van der Waals surface area contributed by atoms with E-state index in [1.807, 2.05) is 12.1 Å². The van der Waals surface area contributed by atoms with Gasteiger partial charge in [-0.25, -0.2) is 0 Å². The molecule has 0 spiro atoms. The van der Waals surface area contributed by atoms with Gasteiger partial charge in [-0.15, -0.1) is 0 Å². The van der Waals surface area contributed by atoms with Gasteiger partial charge in [0.15, 0.2) is 0 Å². The Balaban J connectivity index is 1.26.